The number of nitrogens with zero attached hydrogens (tertiary/aromatic N) is 4. The van der Waals surface area contributed by atoms with Crippen molar-refractivity contribution in [2.24, 2.45) is 7.05 Å². The zero-order valence-electron chi connectivity index (χ0n) is 16.0. The van der Waals surface area contributed by atoms with Crippen molar-refractivity contribution < 1.29 is 5.11 Å². The third-order valence-corrected chi connectivity index (χ3v) is 4.82. The minimum atomic E-state index is -0.942. The summed E-state index contributed by atoms with van der Waals surface area (Å²) in [5, 5.41) is 13.4. The van der Waals surface area contributed by atoms with Gasteiger partial charge >= 0.3 is 0 Å². The van der Waals surface area contributed by atoms with Gasteiger partial charge in [-0.1, -0.05) is 12.1 Å². The fraction of sp³-hybridized carbons (Fsp3) is 0.389. The van der Waals surface area contributed by atoms with Gasteiger partial charge in [0.25, 0.3) is 0 Å². The van der Waals surface area contributed by atoms with Crippen LogP contribution in [0.4, 0.5) is 23.3 Å². The molecule has 3 aromatic rings. The molecule has 0 bridgehead atoms. The number of fused-ring (bicyclic) bond motifs is 1. The molecule has 0 fully saturated rings. The minimum Gasteiger partial charge on any atom is -0.397 e. The molecule has 8 N–H and O–H groups in total. The lowest BCUT2D eigenvalue weighted by Crippen LogP contribution is -2.39. The van der Waals surface area contributed by atoms with Gasteiger partial charge in [0.2, 0.25) is 11.9 Å². The summed E-state index contributed by atoms with van der Waals surface area (Å²) >= 11 is 0. The molecule has 0 aliphatic rings. The molecular formula is C18H26N8O. The van der Waals surface area contributed by atoms with Crippen LogP contribution in [0, 0.1) is 0 Å². The fourth-order valence-corrected chi connectivity index (χ4v) is 2.66. The second kappa shape index (κ2) is 6.58. The molecule has 0 saturated carbocycles. The molecule has 1 aromatic carbocycles. The lowest BCUT2D eigenvalue weighted by atomic mass is 10.0. The van der Waals surface area contributed by atoms with Crippen LogP contribution in [0.2, 0.25) is 0 Å². The summed E-state index contributed by atoms with van der Waals surface area (Å²) in [7, 11) is 1.79. The first-order chi connectivity index (χ1) is 12.6. The predicted molar refractivity (Wildman–Crippen MR) is 108 cm³/mol. The van der Waals surface area contributed by atoms with Crippen LogP contribution in [0.3, 0.4) is 0 Å². The van der Waals surface area contributed by atoms with E-state index >= 15 is 0 Å². The van der Waals surface area contributed by atoms with Gasteiger partial charge in [-0.25, -0.2) is 9.97 Å². The van der Waals surface area contributed by atoms with Gasteiger partial charge in [0.1, 0.15) is 5.52 Å². The van der Waals surface area contributed by atoms with Gasteiger partial charge < -0.3 is 27.6 Å². The zero-order valence-corrected chi connectivity index (χ0v) is 16.0. The van der Waals surface area contributed by atoms with Crippen molar-refractivity contribution in [3.05, 3.63) is 29.5 Å². The number of nitrogens with two attached hydrogens (primary N) is 3. The average Bonchev–Trinajstić information content (AvgIpc) is 2.86. The van der Waals surface area contributed by atoms with Gasteiger partial charge in [0.15, 0.2) is 5.65 Å². The van der Waals surface area contributed by atoms with E-state index in [4.69, 9.17) is 17.2 Å². The van der Waals surface area contributed by atoms with Crippen LogP contribution in [0.1, 0.15) is 32.0 Å². The van der Waals surface area contributed by atoms with Gasteiger partial charge in [-0.15, -0.1) is 0 Å². The Morgan fingerprint density at radius 2 is 1.89 bits per heavy atom. The Morgan fingerprint density at radius 3 is 2.56 bits per heavy atom. The first-order valence-electron chi connectivity index (χ1n) is 8.68. The second-order valence-electron chi connectivity index (χ2n) is 7.31. The summed E-state index contributed by atoms with van der Waals surface area (Å²) in [5.74, 6) is 0.728. The SMILES string of the molecule is CC(Nc1nc(Cc2cccc(N)c2N)c2nc(N)n(C)c2n1)C(C)(C)O. The maximum absolute atomic E-state index is 10.2. The van der Waals surface area contributed by atoms with Crippen LogP contribution < -0.4 is 22.5 Å². The van der Waals surface area contributed by atoms with Crippen molar-refractivity contribution in [2.45, 2.75) is 38.8 Å². The lowest BCUT2D eigenvalue weighted by molar-refractivity contribution is 0.0646. The van der Waals surface area contributed by atoms with Gasteiger partial charge in [-0.2, -0.15) is 4.98 Å². The monoisotopic (exact) mass is 370 g/mol. The number of aryl methyl sites for hydroxylation is 1. The van der Waals surface area contributed by atoms with E-state index in [0.29, 0.717) is 46.6 Å². The highest BCUT2D eigenvalue weighted by molar-refractivity contribution is 5.79. The number of aromatic nitrogens is 4. The van der Waals surface area contributed by atoms with Crippen molar-refractivity contribution in [3.63, 3.8) is 0 Å². The summed E-state index contributed by atoms with van der Waals surface area (Å²) < 4.78 is 1.70. The number of hydrogen-bond donors (Lipinski definition) is 5. The fourth-order valence-electron chi connectivity index (χ4n) is 2.66. The van der Waals surface area contributed by atoms with Crippen LogP contribution in [0.5, 0.6) is 0 Å². The first kappa shape index (κ1) is 18.7. The number of anilines is 4. The number of hydrogen-bond acceptors (Lipinski definition) is 8. The highest BCUT2D eigenvalue weighted by Crippen LogP contribution is 2.26. The molecule has 0 radical (unpaired) electrons. The van der Waals surface area contributed by atoms with Crippen LogP contribution >= 0.6 is 0 Å². The molecule has 1 unspecified atom stereocenters. The van der Waals surface area contributed by atoms with E-state index in [-0.39, 0.29) is 6.04 Å². The van der Waals surface area contributed by atoms with E-state index < -0.39 is 5.60 Å². The van der Waals surface area contributed by atoms with E-state index in [1.54, 1.807) is 31.5 Å². The highest BCUT2D eigenvalue weighted by Gasteiger charge is 2.24. The predicted octanol–water partition coefficient (Wildman–Crippen LogP) is 1.27. The van der Waals surface area contributed by atoms with E-state index in [1.165, 1.54) is 0 Å². The normalized spacial score (nSPS) is 13.1. The van der Waals surface area contributed by atoms with E-state index in [9.17, 15) is 5.11 Å². The topological polar surface area (TPSA) is 154 Å². The van der Waals surface area contributed by atoms with Crippen molar-refractivity contribution in [1.29, 1.82) is 0 Å². The number of nitrogen functional groups attached to an aromatic ring is 3. The molecule has 9 heteroatoms. The second-order valence-corrected chi connectivity index (χ2v) is 7.31. The Morgan fingerprint density at radius 1 is 1.19 bits per heavy atom. The van der Waals surface area contributed by atoms with Crippen molar-refractivity contribution in [3.8, 4) is 0 Å². The van der Waals surface area contributed by atoms with Crippen LogP contribution in [-0.2, 0) is 13.5 Å². The molecule has 1 atom stereocenters. The Kier molecular flexibility index (Phi) is 4.56. The Labute approximate surface area is 157 Å². The number of para-hydroxylation sites is 1. The molecule has 144 valence electrons. The smallest absolute Gasteiger partial charge is 0.225 e. The van der Waals surface area contributed by atoms with Gasteiger partial charge in [-0.3, -0.25) is 4.57 Å². The van der Waals surface area contributed by atoms with Gasteiger partial charge in [0.05, 0.1) is 28.7 Å². The number of benzene rings is 1. The van der Waals surface area contributed by atoms with Crippen molar-refractivity contribution in [1.82, 2.24) is 19.5 Å². The molecule has 0 amide bonds. The first-order valence-corrected chi connectivity index (χ1v) is 8.68. The minimum absolute atomic E-state index is 0.272. The Bertz CT molecular complexity index is 989. The van der Waals surface area contributed by atoms with E-state index in [1.807, 2.05) is 19.1 Å². The molecule has 0 aliphatic carbocycles. The summed E-state index contributed by atoms with van der Waals surface area (Å²) in [6.45, 7) is 5.31. The van der Waals surface area contributed by atoms with Gasteiger partial charge in [-0.05, 0) is 32.4 Å². The third-order valence-electron chi connectivity index (χ3n) is 4.82. The van der Waals surface area contributed by atoms with Crippen molar-refractivity contribution >= 4 is 34.4 Å². The number of nitrogens with one attached hydrogen (secondary N) is 1. The van der Waals surface area contributed by atoms with Gasteiger partial charge in [0, 0.05) is 13.5 Å². The average molecular weight is 370 g/mol. The number of aliphatic hydroxyl groups is 1. The summed E-state index contributed by atoms with van der Waals surface area (Å²) in [6, 6.07) is 5.23. The summed E-state index contributed by atoms with van der Waals surface area (Å²) in [5.41, 5.74) is 20.8. The number of rotatable bonds is 5. The maximum Gasteiger partial charge on any atom is 0.225 e. The van der Waals surface area contributed by atoms with E-state index in [2.05, 4.69) is 20.3 Å². The van der Waals surface area contributed by atoms with Crippen LogP contribution in [0.25, 0.3) is 11.2 Å². The van der Waals surface area contributed by atoms with E-state index in [0.717, 1.165) is 5.56 Å². The number of imidazole rings is 1. The molecule has 0 saturated heterocycles. The van der Waals surface area contributed by atoms with Crippen LogP contribution in [-0.4, -0.2) is 36.3 Å². The quantitative estimate of drug-likeness (QED) is 0.421. The molecule has 0 spiro atoms. The maximum atomic E-state index is 10.2. The molecule has 3 rings (SSSR count). The standard InChI is InChI=1S/C18H26N8O/c1-9(18(2,3)27)22-17-23-12(8-10-6-5-7-11(19)13(10)20)14-15(25-17)26(4)16(21)24-14/h5-7,9,27H,8,19-20H2,1-4H3,(H2,21,24)(H,22,23,25). The van der Waals surface area contributed by atoms with Crippen molar-refractivity contribution in [2.75, 3.05) is 22.5 Å². The lowest BCUT2D eigenvalue weighted by Gasteiger charge is -2.26. The Hall–Kier alpha value is -3.07. The molecule has 2 aromatic heterocycles. The largest absolute Gasteiger partial charge is 0.397 e. The van der Waals surface area contributed by atoms with Crippen LogP contribution in [0.15, 0.2) is 18.2 Å². The molecular weight excluding hydrogens is 344 g/mol. The Balaban J connectivity index is 2.10. The third kappa shape index (κ3) is 3.59. The molecule has 0 aliphatic heterocycles. The molecule has 2 heterocycles. The highest BCUT2D eigenvalue weighted by atomic mass is 16.3. The molecule has 9 nitrogen and oxygen atoms in total. The summed E-state index contributed by atoms with van der Waals surface area (Å²) in [4.78, 5) is 13.5. The zero-order chi connectivity index (χ0) is 19.9. The molecule has 27 heavy (non-hydrogen) atoms. The summed E-state index contributed by atoms with van der Waals surface area (Å²) in [6.07, 6.45) is 0.428.